The summed E-state index contributed by atoms with van der Waals surface area (Å²) in [5.74, 6) is -0.476. The van der Waals surface area contributed by atoms with Gasteiger partial charge in [0.2, 0.25) is 5.95 Å². The SMILES string of the molecule is Fc1ccc(-c2ccc(NC3CCN(c4ncccn4)CC3)cc2Cl)c(F)c1. The van der Waals surface area contributed by atoms with Crippen LogP contribution in [0.15, 0.2) is 54.9 Å². The molecule has 7 heteroatoms. The van der Waals surface area contributed by atoms with Crippen LogP contribution >= 0.6 is 11.6 Å². The Hall–Kier alpha value is -2.73. The Morgan fingerprint density at radius 2 is 1.68 bits per heavy atom. The van der Waals surface area contributed by atoms with Crippen molar-refractivity contribution < 1.29 is 8.78 Å². The zero-order chi connectivity index (χ0) is 19.5. The molecule has 1 aliphatic heterocycles. The molecule has 0 radical (unpaired) electrons. The van der Waals surface area contributed by atoms with Crippen molar-refractivity contribution in [1.82, 2.24) is 9.97 Å². The quantitative estimate of drug-likeness (QED) is 0.657. The molecule has 0 amide bonds. The van der Waals surface area contributed by atoms with Gasteiger partial charge < -0.3 is 10.2 Å². The lowest BCUT2D eigenvalue weighted by molar-refractivity contribution is 0.520. The number of nitrogens with zero attached hydrogens (tertiary/aromatic N) is 3. The van der Waals surface area contributed by atoms with E-state index >= 15 is 0 Å². The highest BCUT2D eigenvalue weighted by Crippen LogP contribution is 2.33. The van der Waals surface area contributed by atoms with Gasteiger partial charge in [0.25, 0.3) is 0 Å². The average molecular weight is 401 g/mol. The smallest absolute Gasteiger partial charge is 0.225 e. The third-order valence-corrected chi connectivity index (χ3v) is 5.20. The van der Waals surface area contributed by atoms with Gasteiger partial charge in [-0.05, 0) is 43.2 Å². The first-order chi connectivity index (χ1) is 13.6. The van der Waals surface area contributed by atoms with E-state index < -0.39 is 11.6 Å². The summed E-state index contributed by atoms with van der Waals surface area (Å²) in [5.41, 5.74) is 1.71. The van der Waals surface area contributed by atoms with Gasteiger partial charge in [-0.25, -0.2) is 18.7 Å². The zero-order valence-electron chi connectivity index (χ0n) is 15.1. The van der Waals surface area contributed by atoms with Crippen molar-refractivity contribution in [3.05, 3.63) is 71.5 Å². The summed E-state index contributed by atoms with van der Waals surface area (Å²) in [4.78, 5) is 10.8. The van der Waals surface area contributed by atoms with Crippen LogP contribution in [0.1, 0.15) is 12.8 Å². The van der Waals surface area contributed by atoms with Crippen molar-refractivity contribution in [2.24, 2.45) is 0 Å². The van der Waals surface area contributed by atoms with E-state index in [2.05, 4.69) is 20.2 Å². The van der Waals surface area contributed by atoms with Crippen LogP contribution in [0.3, 0.4) is 0 Å². The highest BCUT2D eigenvalue weighted by Gasteiger charge is 2.21. The van der Waals surface area contributed by atoms with Gasteiger partial charge in [0.15, 0.2) is 0 Å². The monoisotopic (exact) mass is 400 g/mol. The number of piperidine rings is 1. The lowest BCUT2D eigenvalue weighted by Crippen LogP contribution is -2.39. The third-order valence-electron chi connectivity index (χ3n) is 4.89. The minimum atomic E-state index is -0.627. The molecule has 1 fully saturated rings. The molecule has 0 saturated carbocycles. The molecule has 144 valence electrons. The Bertz CT molecular complexity index is 960. The van der Waals surface area contributed by atoms with E-state index in [0.29, 0.717) is 16.6 Å². The fraction of sp³-hybridized carbons (Fsp3) is 0.238. The molecule has 4 rings (SSSR count). The van der Waals surface area contributed by atoms with Crippen molar-refractivity contribution in [1.29, 1.82) is 0 Å². The number of aromatic nitrogens is 2. The molecule has 0 atom stereocenters. The fourth-order valence-corrected chi connectivity index (χ4v) is 3.73. The molecule has 1 aromatic heterocycles. The summed E-state index contributed by atoms with van der Waals surface area (Å²) in [5, 5.41) is 3.91. The first-order valence-electron chi connectivity index (χ1n) is 9.13. The van der Waals surface area contributed by atoms with E-state index in [1.807, 2.05) is 12.1 Å². The first-order valence-corrected chi connectivity index (χ1v) is 9.51. The molecule has 1 N–H and O–H groups in total. The predicted molar refractivity (Wildman–Crippen MR) is 108 cm³/mol. The number of hydrogen-bond acceptors (Lipinski definition) is 4. The minimum Gasteiger partial charge on any atom is -0.382 e. The minimum absolute atomic E-state index is 0.286. The van der Waals surface area contributed by atoms with Crippen molar-refractivity contribution >= 4 is 23.2 Å². The van der Waals surface area contributed by atoms with E-state index in [0.717, 1.165) is 43.6 Å². The van der Waals surface area contributed by atoms with Crippen LogP contribution in [0.5, 0.6) is 0 Å². The van der Waals surface area contributed by atoms with E-state index in [1.165, 1.54) is 12.1 Å². The fourth-order valence-electron chi connectivity index (χ4n) is 3.45. The Balaban J connectivity index is 1.42. The number of rotatable bonds is 4. The average Bonchev–Trinajstić information content (AvgIpc) is 2.70. The Morgan fingerprint density at radius 1 is 0.964 bits per heavy atom. The lowest BCUT2D eigenvalue weighted by Gasteiger charge is -2.32. The van der Waals surface area contributed by atoms with Gasteiger partial charge in [-0.2, -0.15) is 0 Å². The van der Waals surface area contributed by atoms with Crippen molar-refractivity contribution in [3.8, 4) is 11.1 Å². The number of halogens is 3. The number of hydrogen-bond donors (Lipinski definition) is 1. The van der Waals surface area contributed by atoms with E-state index in [1.54, 1.807) is 24.5 Å². The van der Waals surface area contributed by atoms with Crippen molar-refractivity contribution in [2.45, 2.75) is 18.9 Å². The first kappa shape index (κ1) is 18.6. The highest BCUT2D eigenvalue weighted by molar-refractivity contribution is 6.33. The standard InChI is InChI=1S/C21H19ClF2N4/c22-19-13-16(3-5-17(19)18-4-2-14(23)12-20(18)24)27-15-6-10-28(11-7-15)21-25-8-1-9-26-21/h1-5,8-9,12-13,15,27H,6-7,10-11H2. The maximum Gasteiger partial charge on any atom is 0.225 e. The van der Waals surface area contributed by atoms with Gasteiger partial charge in [0, 0.05) is 54.4 Å². The lowest BCUT2D eigenvalue weighted by atomic mass is 10.0. The number of benzene rings is 2. The van der Waals surface area contributed by atoms with Crippen LogP contribution in [0.25, 0.3) is 11.1 Å². The molecule has 1 aliphatic rings. The summed E-state index contributed by atoms with van der Waals surface area (Å²) in [7, 11) is 0. The predicted octanol–water partition coefficient (Wildman–Crippen LogP) is 5.16. The number of anilines is 2. The molecule has 28 heavy (non-hydrogen) atoms. The van der Waals surface area contributed by atoms with Gasteiger partial charge in [0.05, 0.1) is 5.02 Å². The van der Waals surface area contributed by atoms with Crippen molar-refractivity contribution in [2.75, 3.05) is 23.3 Å². The molecule has 2 aromatic carbocycles. The molecule has 0 spiro atoms. The second kappa shape index (κ2) is 8.10. The van der Waals surface area contributed by atoms with E-state index in [-0.39, 0.29) is 5.56 Å². The second-order valence-corrected chi connectivity index (χ2v) is 7.18. The van der Waals surface area contributed by atoms with Gasteiger partial charge in [0.1, 0.15) is 11.6 Å². The van der Waals surface area contributed by atoms with E-state index in [9.17, 15) is 8.78 Å². The normalized spacial score (nSPS) is 14.9. The van der Waals surface area contributed by atoms with Gasteiger partial charge in [-0.3, -0.25) is 0 Å². The van der Waals surface area contributed by atoms with Crippen molar-refractivity contribution in [3.63, 3.8) is 0 Å². The largest absolute Gasteiger partial charge is 0.382 e. The van der Waals surface area contributed by atoms with Crippen LogP contribution in [0.2, 0.25) is 5.02 Å². The number of nitrogens with one attached hydrogen (secondary N) is 1. The second-order valence-electron chi connectivity index (χ2n) is 6.77. The van der Waals surface area contributed by atoms with Crippen LogP contribution in [0, 0.1) is 11.6 Å². The highest BCUT2D eigenvalue weighted by atomic mass is 35.5. The molecule has 3 aromatic rings. The Labute approximate surface area is 167 Å². The molecule has 4 nitrogen and oxygen atoms in total. The molecule has 0 bridgehead atoms. The molecule has 0 aliphatic carbocycles. The summed E-state index contributed by atoms with van der Waals surface area (Å²) >= 11 is 6.37. The van der Waals surface area contributed by atoms with Gasteiger partial charge in [-0.1, -0.05) is 17.7 Å². The Morgan fingerprint density at radius 3 is 2.36 bits per heavy atom. The molecule has 1 saturated heterocycles. The molecule has 2 heterocycles. The van der Waals surface area contributed by atoms with Gasteiger partial charge >= 0.3 is 0 Å². The van der Waals surface area contributed by atoms with Crippen LogP contribution in [-0.2, 0) is 0 Å². The maximum atomic E-state index is 14.0. The summed E-state index contributed by atoms with van der Waals surface area (Å²) in [6.45, 7) is 1.74. The zero-order valence-corrected chi connectivity index (χ0v) is 15.8. The summed E-state index contributed by atoms with van der Waals surface area (Å²) in [6.07, 6.45) is 5.40. The Kier molecular flexibility index (Phi) is 5.39. The summed E-state index contributed by atoms with van der Waals surface area (Å²) in [6, 6.07) is 11.0. The topological polar surface area (TPSA) is 41.0 Å². The molecular weight excluding hydrogens is 382 g/mol. The third kappa shape index (κ3) is 4.07. The molecular formula is C21H19ClF2N4. The van der Waals surface area contributed by atoms with Crippen LogP contribution in [0.4, 0.5) is 20.4 Å². The molecule has 0 unspecified atom stereocenters. The van der Waals surface area contributed by atoms with Crippen LogP contribution < -0.4 is 10.2 Å². The maximum absolute atomic E-state index is 14.0. The van der Waals surface area contributed by atoms with Crippen LogP contribution in [-0.4, -0.2) is 29.1 Å². The van der Waals surface area contributed by atoms with Gasteiger partial charge in [-0.15, -0.1) is 0 Å². The summed E-state index contributed by atoms with van der Waals surface area (Å²) < 4.78 is 27.2. The van der Waals surface area contributed by atoms with E-state index in [4.69, 9.17) is 11.6 Å².